The molecular weight excluding hydrogens is 386 g/mol. The standard InChI is InChI=1S/C19H18BrNO4/c1-12-4-3-5-15(10-12)19(24)21-11-17(22)25-13(2)18(23)14-6-8-16(20)9-7-14/h3-10,13H,11H2,1-2H3,(H,21,24)/t13-/m1/s1. The molecule has 25 heavy (non-hydrogen) atoms. The zero-order valence-corrected chi connectivity index (χ0v) is 15.5. The number of hydrogen-bond donors (Lipinski definition) is 1. The Balaban J connectivity index is 1.86. The Kier molecular flexibility index (Phi) is 6.47. The number of halogens is 1. The molecule has 2 aromatic carbocycles. The molecule has 0 aromatic heterocycles. The highest BCUT2D eigenvalue weighted by Crippen LogP contribution is 2.13. The molecule has 0 fully saturated rings. The Morgan fingerprint density at radius 3 is 2.40 bits per heavy atom. The molecule has 0 saturated heterocycles. The molecule has 6 heteroatoms. The van der Waals surface area contributed by atoms with Crippen LogP contribution in [0.25, 0.3) is 0 Å². The van der Waals surface area contributed by atoms with Crippen molar-refractivity contribution in [3.8, 4) is 0 Å². The van der Waals surface area contributed by atoms with Gasteiger partial charge in [-0.15, -0.1) is 0 Å². The number of rotatable bonds is 6. The number of Topliss-reactive ketones (excluding diaryl/α,β-unsaturated/α-hetero) is 1. The minimum absolute atomic E-state index is 0.300. The Morgan fingerprint density at radius 2 is 1.76 bits per heavy atom. The zero-order valence-electron chi connectivity index (χ0n) is 13.9. The number of nitrogens with one attached hydrogen (secondary N) is 1. The second kappa shape index (κ2) is 8.58. The van der Waals surface area contributed by atoms with E-state index < -0.39 is 12.1 Å². The molecule has 2 rings (SSSR count). The van der Waals surface area contributed by atoms with Gasteiger partial charge in [0.25, 0.3) is 5.91 Å². The minimum Gasteiger partial charge on any atom is -0.453 e. The molecule has 1 amide bonds. The van der Waals surface area contributed by atoms with E-state index in [-0.39, 0.29) is 18.2 Å². The van der Waals surface area contributed by atoms with Gasteiger partial charge in [0, 0.05) is 15.6 Å². The highest BCUT2D eigenvalue weighted by molar-refractivity contribution is 9.10. The van der Waals surface area contributed by atoms with E-state index in [2.05, 4.69) is 21.2 Å². The van der Waals surface area contributed by atoms with Crippen LogP contribution in [0.1, 0.15) is 33.2 Å². The van der Waals surface area contributed by atoms with Crippen LogP contribution in [-0.4, -0.2) is 30.3 Å². The van der Waals surface area contributed by atoms with E-state index in [1.54, 1.807) is 42.5 Å². The maximum Gasteiger partial charge on any atom is 0.326 e. The average Bonchev–Trinajstić information content (AvgIpc) is 2.59. The van der Waals surface area contributed by atoms with Crippen LogP contribution in [0, 0.1) is 6.92 Å². The van der Waals surface area contributed by atoms with Gasteiger partial charge in [-0.2, -0.15) is 0 Å². The Hall–Kier alpha value is -2.47. The van der Waals surface area contributed by atoms with E-state index in [1.165, 1.54) is 6.92 Å². The highest BCUT2D eigenvalue weighted by atomic mass is 79.9. The number of carbonyl (C=O) groups excluding carboxylic acids is 3. The summed E-state index contributed by atoms with van der Waals surface area (Å²) in [5.74, 6) is -1.34. The average molecular weight is 404 g/mol. The lowest BCUT2D eigenvalue weighted by molar-refractivity contribution is -0.145. The van der Waals surface area contributed by atoms with Gasteiger partial charge in [-0.25, -0.2) is 0 Å². The summed E-state index contributed by atoms with van der Waals surface area (Å²) in [6.07, 6.45) is -0.926. The molecule has 0 saturated carbocycles. The fourth-order valence-electron chi connectivity index (χ4n) is 2.18. The molecule has 0 unspecified atom stereocenters. The van der Waals surface area contributed by atoms with E-state index in [4.69, 9.17) is 4.74 Å². The molecule has 0 spiro atoms. The molecule has 5 nitrogen and oxygen atoms in total. The Bertz CT molecular complexity index is 786. The number of ether oxygens (including phenoxy) is 1. The summed E-state index contributed by atoms with van der Waals surface area (Å²) in [7, 11) is 0. The quantitative estimate of drug-likeness (QED) is 0.593. The summed E-state index contributed by atoms with van der Waals surface area (Å²) in [6, 6.07) is 13.8. The third kappa shape index (κ3) is 5.53. The number of esters is 1. The van der Waals surface area contributed by atoms with Gasteiger partial charge in [-0.1, -0.05) is 45.8 Å². The predicted octanol–water partition coefficient (Wildman–Crippen LogP) is 3.30. The van der Waals surface area contributed by atoms with Gasteiger partial charge < -0.3 is 10.1 Å². The fourth-order valence-corrected chi connectivity index (χ4v) is 2.45. The summed E-state index contributed by atoms with van der Waals surface area (Å²) in [5, 5.41) is 2.49. The van der Waals surface area contributed by atoms with Gasteiger partial charge in [-0.05, 0) is 38.1 Å². The largest absolute Gasteiger partial charge is 0.453 e. The van der Waals surface area contributed by atoms with Crippen molar-refractivity contribution in [2.24, 2.45) is 0 Å². The number of carbonyl (C=O) groups is 3. The number of amides is 1. The SMILES string of the molecule is Cc1cccc(C(=O)NCC(=O)O[C@H](C)C(=O)c2ccc(Br)cc2)c1. The first kappa shape index (κ1) is 18.9. The first-order chi connectivity index (χ1) is 11.9. The van der Waals surface area contributed by atoms with Gasteiger partial charge >= 0.3 is 5.97 Å². The van der Waals surface area contributed by atoms with Crippen molar-refractivity contribution in [1.29, 1.82) is 0 Å². The van der Waals surface area contributed by atoms with Gasteiger partial charge in [0.1, 0.15) is 6.54 Å². The molecule has 0 heterocycles. The molecule has 0 aliphatic carbocycles. The van der Waals surface area contributed by atoms with E-state index in [0.29, 0.717) is 11.1 Å². The van der Waals surface area contributed by atoms with Crippen LogP contribution in [-0.2, 0) is 9.53 Å². The third-order valence-corrected chi connectivity index (χ3v) is 4.01. The molecule has 0 aliphatic rings. The summed E-state index contributed by atoms with van der Waals surface area (Å²) < 4.78 is 5.95. The van der Waals surface area contributed by atoms with Gasteiger partial charge in [-0.3, -0.25) is 14.4 Å². The van der Waals surface area contributed by atoms with Gasteiger partial charge in [0.2, 0.25) is 5.78 Å². The zero-order chi connectivity index (χ0) is 18.4. The van der Waals surface area contributed by atoms with Crippen LogP contribution < -0.4 is 5.32 Å². The van der Waals surface area contributed by atoms with Gasteiger partial charge in [0.15, 0.2) is 6.10 Å². The van der Waals surface area contributed by atoms with Crippen LogP contribution in [0.4, 0.5) is 0 Å². The third-order valence-electron chi connectivity index (χ3n) is 3.48. The Morgan fingerprint density at radius 1 is 1.08 bits per heavy atom. The van der Waals surface area contributed by atoms with Crippen molar-refractivity contribution in [2.75, 3.05) is 6.54 Å². The molecule has 0 aliphatic heterocycles. The summed E-state index contributed by atoms with van der Waals surface area (Å²) in [4.78, 5) is 36.0. The first-order valence-electron chi connectivity index (χ1n) is 7.71. The molecule has 0 bridgehead atoms. The monoisotopic (exact) mass is 403 g/mol. The van der Waals surface area contributed by atoms with Crippen molar-refractivity contribution in [1.82, 2.24) is 5.32 Å². The molecule has 1 atom stereocenters. The van der Waals surface area contributed by atoms with Crippen molar-refractivity contribution >= 4 is 33.6 Å². The lowest BCUT2D eigenvalue weighted by Crippen LogP contribution is -2.34. The second-order valence-corrected chi connectivity index (χ2v) is 6.47. The summed E-state index contributed by atoms with van der Waals surface area (Å²) in [5.41, 5.74) is 1.86. The van der Waals surface area contributed by atoms with Crippen LogP contribution in [0.15, 0.2) is 53.0 Å². The molecular formula is C19H18BrNO4. The van der Waals surface area contributed by atoms with E-state index >= 15 is 0 Å². The van der Waals surface area contributed by atoms with Crippen molar-refractivity contribution in [3.63, 3.8) is 0 Å². The highest BCUT2D eigenvalue weighted by Gasteiger charge is 2.20. The van der Waals surface area contributed by atoms with Crippen molar-refractivity contribution in [3.05, 3.63) is 69.7 Å². The van der Waals surface area contributed by atoms with E-state index in [9.17, 15) is 14.4 Å². The van der Waals surface area contributed by atoms with Gasteiger partial charge in [0.05, 0.1) is 0 Å². The normalized spacial score (nSPS) is 11.5. The van der Waals surface area contributed by atoms with Crippen molar-refractivity contribution in [2.45, 2.75) is 20.0 Å². The maximum atomic E-state index is 12.2. The Labute approximate surface area is 154 Å². The minimum atomic E-state index is -0.926. The molecule has 0 radical (unpaired) electrons. The van der Waals surface area contributed by atoms with Crippen LogP contribution in [0.2, 0.25) is 0 Å². The number of hydrogen-bond acceptors (Lipinski definition) is 4. The number of aryl methyl sites for hydroxylation is 1. The number of benzene rings is 2. The predicted molar refractivity (Wildman–Crippen MR) is 97.5 cm³/mol. The van der Waals surface area contributed by atoms with E-state index in [0.717, 1.165) is 10.0 Å². The molecule has 1 N–H and O–H groups in total. The van der Waals surface area contributed by atoms with Crippen molar-refractivity contribution < 1.29 is 19.1 Å². The number of ketones is 1. The first-order valence-corrected chi connectivity index (χ1v) is 8.50. The van der Waals surface area contributed by atoms with Crippen LogP contribution in [0.3, 0.4) is 0 Å². The van der Waals surface area contributed by atoms with Crippen LogP contribution in [0.5, 0.6) is 0 Å². The summed E-state index contributed by atoms with van der Waals surface area (Å²) >= 11 is 3.29. The second-order valence-electron chi connectivity index (χ2n) is 5.56. The summed E-state index contributed by atoms with van der Waals surface area (Å²) in [6.45, 7) is 3.08. The van der Waals surface area contributed by atoms with Crippen LogP contribution >= 0.6 is 15.9 Å². The smallest absolute Gasteiger partial charge is 0.326 e. The maximum absolute atomic E-state index is 12.2. The topological polar surface area (TPSA) is 72.5 Å². The lowest BCUT2D eigenvalue weighted by Gasteiger charge is -2.13. The molecule has 130 valence electrons. The fraction of sp³-hybridized carbons (Fsp3) is 0.211. The van der Waals surface area contributed by atoms with E-state index in [1.807, 2.05) is 13.0 Å². The molecule has 2 aromatic rings. The lowest BCUT2D eigenvalue weighted by atomic mass is 10.1.